The summed E-state index contributed by atoms with van der Waals surface area (Å²) in [6.45, 7) is 6.91. The van der Waals surface area contributed by atoms with Gasteiger partial charge in [0.25, 0.3) is 5.91 Å². The van der Waals surface area contributed by atoms with Gasteiger partial charge in [-0.25, -0.2) is 9.97 Å². The van der Waals surface area contributed by atoms with Gasteiger partial charge in [-0.1, -0.05) is 42.5 Å². The van der Waals surface area contributed by atoms with Gasteiger partial charge in [0.1, 0.15) is 0 Å². The van der Waals surface area contributed by atoms with Crippen molar-refractivity contribution < 1.29 is 4.79 Å². The van der Waals surface area contributed by atoms with Crippen molar-refractivity contribution in [2.45, 2.75) is 33.4 Å². The van der Waals surface area contributed by atoms with Gasteiger partial charge < -0.3 is 10.2 Å². The second kappa shape index (κ2) is 8.45. The van der Waals surface area contributed by atoms with Gasteiger partial charge >= 0.3 is 0 Å². The van der Waals surface area contributed by atoms with Gasteiger partial charge in [0.2, 0.25) is 5.95 Å². The Morgan fingerprint density at radius 2 is 1.74 bits per heavy atom. The van der Waals surface area contributed by atoms with Gasteiger partial charge in [-0.05, 0) is 44.0 Å². The first-order valence-electron chi connectivity index (χ1n) is 9.03. The molecule has 0 radical (unpaired) electrons. The van der Waals surface area contributed by atoms with E-state index in [4.69, 9.17) is 0 Å². The van der Waals surface area contributed by atoms with Crippen LogP contribution in [0.3, 0.4) is 0 Å². The summed E-state index contributed by atoms with van der Waals surface area (Å²) in [5.41, 5.74) is 3.48. The van der Waals surface area contributed by atoms with Crippen molar-refractivity contribution in [3.63, 3.8) is 0 Å². The fourth-order valence-electron chi connectivity index (χ4n) is 2.78. The number of anilines is 2. The molecule has 0 saturated heterocycles. The average molecular weight is 360 g/mol. The lowest BCUT2D eigenvalue weighted by molar-refractivity contribution is 0.102. The van der Waals surface area contributed by atoms with Crippen molar-refractivity contribution >= 4 is 17.5 Å². The molecule has 5 nitrogen and oxygen atoms in total. The van der Waals surface area contributed by atoms with Crippen LogP contribution in [0.15, 0.2) is 67.0 Å². The highest BCUT2D eigenvalue weighted by Gasteiger charge is 2.15. The number of hydrogen-bond donors (Lipinski definition) is 1. The Balaban J connectivity index is 1.73. The Morgan fingerprint density at radius 1 is 1.04 bits per heavy atom. The van der Waals surface area contributed by atoms with E-state index in [-0.39, 0.29) is 11.9 Å². The summed E-state index contributed by atoms with van der Waals surface area (Å²) in [6.07, 6.45) is 3.15. The van der Waals surface area contributed by atoms with E-state index in [0.717, 1.165) is 11.3 Å². The third kappa shape index (κ3) is 4.91. The molecule has 0 aliphatic heterocycles. The minimum atomic E-state index is -0.216. The monoisotopic (exact) mass is 360 g/mol. The van der Waals surface area contributed by atoms with Gasteiger partial charge in [0, 0.05) is 30.7 Å². The number of rotatable bonds is 6. The van der Waals surface area contributed by atoms with E-state index in [1.807, 2.05) is 49.4 Å². The molecule has 1 heterocycles. The number of benzene rings is 2. The molecule has 3 rings (SSSR count). The first-order chi connectivity index (χ1) is 13.0. The predicted octanol–water partition coefficient (Wildman–Crippen LogP) is 4.45. The number of nitrogens with zero attached hydrogens (tertiary/aromatic N) is 3. The summed E-state index contributed by atoms with van der Waals surface area (Å²) in [6, 6.07) is 18.1. The molecule has 0 spiro atoms. The Morgan fingerprint density at radius 3 is 2.37 bits per heavy atom. The Bertz CT molecular complexity index is 892. The molecule has 2 aromatic carbocycles. The van der Waals surface area contributed by atoms with Crippen LogP contribution in [0.4, 0.5) is 11.6 Å². The van der Waals surface area contributed by atoms with Gasteiger partial charge in [-0.2, -0.15) is 0 Å². The van der Waals surface area contributed by atoms with Crippen molar-refractivity contribution in [2.24, 2.45) is 0 Å². The fraction of sp³-hybridized carbons (Fsp3) is 0.227. The predicted molar refractivity (Wildman–Crippen MR) is 109 cm³/mol. The van der Waals surface area contributed by atoms with Crippen molar-refractivity contribution in [2.75, 3.05) is 10.2 Å². The molecule has 138 valence electrons. The number of hydrogen-bond acceptors (Lipinski definition) is 4. The number of amides is 1. The summed E-state index contributed by atoms with van der Waals surface area (Å²) in [4.78, 5) is 23.4. The zero-order valence-electron chi connectivity index (χ0n) is 15.9. The van der Waals surface area contributed by atoms with E-state index in [1.54, 1.807) is 12.4 Å². The lowest BCUT2D eigenvalue weighted by Crippen LogP contribution is -2.31. The SMILES string of the molecule is Cc1cccc(NC(=O)c2cnc(N(Cc3ccccc3)C(C)C)nc2)c1. The van der Waals surface area contributed by atoms with E-state index in [0.29, 0.717) is 18.1 Å². The Kier molecular flexibility index (Phi) is 5.81. The topological polar surface area (TPSA) is 58.1 Å². The average Bonchev–Trinajstić information content (AvgIpc) is 2.67. The van der Waals surface area contributed by atoms with E-state index in [2.05, 4.69) is 46.2 Å². The van der Waals surface area contributed by atoms with Crippen LogP contribution in [0.25, 0.3) is 0 Å². The van der Waals surface area contributed by atoms with Crippen LogP contribution in [-0.2, 0) is 6.54 Å². The van der Waals surface area contributed by atoms with Gasteiger partial charge in [-0.15, -0.1) is 0 Å². The summed E-state index contributed by atoms with van der Waals surface area (Å²) in [5.74, 6) is 0.396. The van der Waals surface area contributed by atoms with Crippen LogP contribution < -0.4 is 10.2 Å². The number of aromatic nitrogens is 2. The smallest absolute Gasteiger partial charge is 0.258 e. The van der Waals surface area contributed by atoms with Gasteiger partial charge in [0.05, 0.1) is 5.56 Å². The van der Waals surface area contributed by atoms with Crippen LogP contribution in [0.1, 0.15) is 35.3 Å². The molecule has 1 N–H and O–H groups in total. The summed E-state index contributed by atoms with van der Waals surface area (Å²) >= 11 is 0. The minimum Gasteiger partial charge on any atom is -0.334 e. The zero-order chi connectivity index (χ0) is 19.2. The number of carbonyl (C=O) groups is 1. The summed E-state index contributed by atoms with van der Waals surface area (Å²) < 4.78 is 0. The maximum absolute atomic E-state index is 12.4. The highest BCUT2D eigenvalue weighted by molar-refractivity contribution is 6.03. The van der Waals surface area contributed by atoms with E-state index >= 15 is 0 Å². The van der Waals surface area contributed by atoms with Crippen LogP contribution in [-0.4, -0.2) is 21.9 Å². The molecule has 3 aromatic rings. The normalized spacial score (nSPS) is 10.7. The zero-order valence-corrected chi connectivity index (χ0v) is 15.9. The molecule has 1 aromatic heterocycles. The second-order valence-electron chi connectivity index (χ2n) is 6.80. The second-order valence-corrected chi connectivity index (χ2v) is 6.80. The summed E-state index contributed by atoms with van der Waals surface area (Å²) in [7, 11) is 0. The molecular formula is C22H24N4O. The van der Waals surface area contributed by atoms with Crippen molar-refractivity contribution in [3.8, 4) is 0 Å². The molecule has 5 heteroatoms. The maximum atomic E-state index is 12.4. The van der Waals surface area contributed by atoms with Crippen LogP contribution in [0, 0.1) is 6.92 Å². The first-order valence-corrected chi connectivity index (χ1v) is 9.03. The van der Waals surface area contributed by atoms with Gasteiger partial charge in [-0.3, -0.25) is 4.79 Å². The molecule has 0 unspecified atom stereocenters. The molecule has 0 bridgehead atoms. The Hall–Kier alpha value is -3.21. The van der Waals surface area contributed by atoms with Gasteiger partial charge in [0.15, 0.2) is 0 Å². The van der Waals surface area contributed by atoms with Crippen molar-refractivity contribution in [1.29, 1.82) is 0 Å². The Labute approximate surface area is 160 Å². The molecule has 1 amide bonds. The summed E-state index contributed by atoms with van der Waals surface area (Å²) in [5, 5.41) is 2.88. The lowest BCUT2D eigenvalue weighted by Gasteiger charge is -2.26. The number of nitrogens with one attached hydrogen (secondary N) is 1. The molecule has 27 heavy (non-hydrogen) atoms. The van der Waals surface area contributed by atoms with E-state index in [1.165, 1.54) is 5.56 Å². The standard InChI is InChI=1S/C22H24N4O/c1-16(2)26(15-18-9-5-4-6-10-18)22-23-13-19(14-24-22)21(27)25-20-11-7-8-17(3)12-20/h4-14,16H,15H2,1-3H3,(H,25,27). The quantitative estimate of drug-likeness (QED) is 0.705. The maximum Gasteiger partial charge on any atom is 0.258 e. The van der Waals surface area contributed by atoms with Crippen LogP contribution >= 0.6 is 0 Å². The van der Waals surface area contributed by atoms with Crippen molar-refractivity contribution in [3.05, 3.63) is 83.7 Å². The third-order valence-electron chi connectivity index (χ3n) is 4.25. The molecular weight excluding hydrogens is 336 g/mol. The highest BCUT2D eigenvalue weighted by Crippen LogP contribution is 2.16. The third-order valence-corrected chi connectivity index (χ3v) is 4.25. The largest absolute Gasteiger partial charge is 0.334 e. The molecule has 0 aliphatic carbocycles. The molecule has 0 fully saturated rings. The van der Waals surface area contributed by atoms with E-state index in [9.17, 15) is 4.79 Å². The minimum absolute atomic E-state index is 0.216. The van der Waals surface area contributed by atoms with Crippen LogP contribution in [0.2, 0.25) is 0 Å². The lowest BCUT2D eigenvalue weighted by atomic mass is 10.2. The molecule has 0 saturated carbocycles. The molecule has 0 atom stereocenters. The molecule has 0 aliphatic rings. The number of carbonyl (C=O) groups excluding carboxylic acids is 1. The highest BCUT2D eigenvalue weighted by atomic mass is 16.1. The van der Waals surface area contributed by atoms with Crippen molar-refractivity contribution in [1.82, 2.24) is 9.97 Å². The fourth-order valence-corrected chi connectivity index (χ4v) is 2.78. The number of aryl methyl sites for hydroxylation is 1. The first kappa shape index (κ1) is 18.6. The van der Waals surface area contributed by atoms with E-state index < -0.39 is 0 Å². The van der Waals surface area contributed by atoms with Crippen LogP contribution in [0.5, 0.6) is 0 Å².